The predicted octanol–water partition coefficient (Wildman–Crippen LogP) is 1.47. The van der Waals surface area contributed by atoms with E-state index in [9.17, 15) is 28.8 Å². The fourth-order valence-electron chi connectivity index (χ4n) is 5.58. The summed E-state index contributed by atoms with van der Waals surface area (Å²) in [5.41, 5.74) is 10.4. The summed E-state index contributed by atoms with van der Waals surface area (Å²) in [6.45, 7) is 4.20. The lowest BCUT2D eigenvalue weighted by Crippen LogP contribution is -2.68. The van der Waals surface area contributed by atoms with E-state index in [1.807, 2.05) is 48.5 Å². The number of fused-ring (bicyclic) bond motifs is 3. The van der Waals surface area contributed by atoms with E-state index in [1.54, 1.807) is 0 Å². The molecule has 0 bridgehead atoms. The van der Waals surface area contributed by atoms with Gasteiger partial charge in [0.15, 0.2) is 18.0 Å². The van der Waals surface area contributed by atoms with Crippen molar-refractivity contribution in [2.75, 3.05) is 13.2 Å². The van der Waals surface area contributed by atoms with E-state index in [-0.39, 0.29) is 12.5 Å². The molecule has 1 aliphatic carbocycles. The van der Waals surface area contributed by atoms with Crippen molar-refractivity contribution in [3.05, 3.63) is 59.7 Å². The molecular formula is C32H37N3O11. The van der Waals surface area contributed by atoms with Crippen molar-refractivity contribution < 1.29 is 52.5 Å². The van der Waals surface area contributed by atoms with E-state index in [4.69, 9.17) is 29.4 Å². The lowest BCUT2D eigenvalue weighted by Gasteiger charge is -2.44. The number of nitrogens with two attached hydrogens (primary N) is 1. The van der Waals surface area contributed by atoms with Crippen LogP contribution in [0.4, 0.5) is 4.79 Å². The second-order valence-electron chi connectivity index (χ2n) is 11.0. The normalized spacial score (nSPS) is 22.3. The van der Waals surface area contributed by atoms with Crippen LogP contribution in [-0.2, 0) is 47.7 Å². The Labute approximate surface area is 265 Å². The summed E-state index contributed by atoms with van der Waals surface area (Å²) in [4.78, 5) is 73.4. The molecular weight excluding hydrogens is 602 g/mol. The highest BCUT2D eigenvalue weighted by Crippen LogP contribution is 2.44. The molecule has 0 radical (unpaired) electrons. The smallest absolute Gasteiger partial charge is 0.407 e. The van der Waals surface area contributed by atoms with Crippen molar-refractivity contribution >= 4 is 35.7 Å². The monoisotopic (exact) mass is 639 g/mol. The third-order valence-corrected chi connectivity index (χ3v) is 7.61. The Hall–Kier alpha value is -4.82. The summed E-state index contributed by atoms with van der Waals surface area (Å²) in [6.07, 6.45) is -6.45. The lowest BCUT2D eigenvalue weighted by molar-refractivity contribution is -0.224. The minimum Gasteiger partial charge on any atom is -0.463 e. The number of ether oxygens (including phenoxy) is 5. The number of alkyl carbamates (subject to hydrolysis) is 1. The predicted molar refractivity (Wildman–Crippen MR) is 160 cm³/mol. The van der Waals surface area contributed by atoms with Crippen molar-refractivity contribution in [3.63, 3.8) is 0 Å². The summed E-state index contributed by atoms with van der Waals surface area (Å²) in [7, 11) is 0. The second-order valence-corrected chi connectivity index (χ2v) is 11.0. The van der Waals surface area contributed by atoms with E-state index in [0.29, 0.717) is 0 Å². The van der Waals surface area contributed by atoms with Gasteiger partial charge in [-0.15, -0.1) is 0 Å². The number of Topliss-reactive ketones (excluding diaryl/α,β-unsaturated/α-hetero) is 1. The summed E-state index contributed by atoms with van der Waals surface area (Å²) >= 11 is 0. The Morgan fingerprint density at radius 2 is 1.35 bits per heavy atom. The Bertz CT molecular complexity index is 1450. The fraction of sp³-hybridized carbons (Fsp3) is 0.438. The molecule has 2 amide bonds. The van der Waals surface area contributed by atoms with Crippen LogP contribution in [0.25, 0.3) is 11.1 Å². The van der Waals surface area contributed by atoms with Crippen LogP contribution in [0, 0.1) is 0 Å². The molecule has 1 heterocycles. The number of ketones is 1. The molecule has 6 atom stereocenters. The van der Waals surface area contributed by atoms with Crippen molar-refractivity contribution in [2.45, 2.75) is 76.7 Å². The lowest BCUT2D eigenvalue weighted by atomic mass is 9.95. The standard InChI is InChI=1S/C32H37N3O11/c1-16(36)25(34-32(41)43-14-24-22-11-7-5-9-20(22)21-10-6-8-12-23(21)24)13-27(40)35-31-28(33)30(45-19(4)39)29(44-18(3)38)26(46-31)15-42-17(2)37/h5-12,24-26,28-31H,13-15,33H2,1-4H3,(H,34,41)(H,35,40)/t25-,26?,28?,29+,30+,31+/m0/s1. The maximum Gasteiger partial charge on any atom is 0.407 e. The third kappa shape index (κ3) is 8.25. The number of benzene rings is 2. The van der Waals surface area contributed by atoms with Crippen LogP contribution in [0.5, 0.6) is 0 Å². The molecule has 2 aliphatic rings. The topological polar surface area (TPSA) is 199 Å². The zero-order valence-corrected chi connectivity index (χ0v) is 25.8. The summed E-state index contributed by atoms with van der Waals surface area (Å²) in [5.74, 6) is -3.62. The number of hydrogen-bond acceptors (Lipinski definition) is 12. The molecule has 2 aromatic carbocycles. The second kappa shape index (κ2) is 15.0. The van der Waals surface area contributed by atoms with Crippen LogP contribution < -0.4 is 16.4 Å². The van der Waals surface area contributed by atoms with Crippen LogP contribution in [0.3, 0.4) is 0 Å². The molecule has 14 nitrogen and oxygen atoms in total. The summed E-state index contributed by atoms with van der Waals surface area (Å²) in [6, 6.07) is 13.2. The van der Waals surface area contributed by atoms with E-state index >= 15 is 0 Å². The van der Waals surface area contributed by atoms with Crippen LogP contribution in [0.1, 0.15) is 51.2 Å². The quantitative estimate of drug-likeness (QED) is 0.237. The van der Waals surface area contributed by atoms with Crippen LogP contribution in [-0.4, -0.2) is 85.5 Å². The maximum atomic E-state index is 13.1. The molecule has 2 unspecified atom stereocenters. The first-order valence-corrected chi connectivity index (χ1v) is 14.7. The average Bonchev–Trinajstić information content (AvgIpc) is 3.31. The molecule has 46 heavy (non-hydrogen) atoms. The van der Waals surface area contributed by atoms with Crippen molar-refractivity contribution in [3.8, 4) is 11.1 Å². The number of nitrogens with one attached hydrogen (secondary N) is 2. The van der Waals surface area contributed by atoms with Gasteiger partial charge in [-0.05, 0) is 29.2 Å². The van der Waals surface area contributed by atoms with Gasteiger partial charge in [-0.25, -0.2) is 4.79 Å². The minimum absolute atomic E-state index is 0.00616. The van der Waals surface area contributed by atoms with E-state index in [2.05, 4.69) is 10.6 Å². The number of rotatable bonds is 11. The first-order valence-electron chi connectivity index (χ1n) is 14.7. The largest absolute Gasteiger partial charge is 0.463 e. The molecule has 0 spiro atoms. The minimum atomic E-state index is -1.33. The Balaban J connectivity index is 1.40. The van der Waals surface area contributed by atoms with Crippen LogP contribution >= 0.6 is 0 Å². The van der Waals surface area contributed by atoms with Gasteiger partial charge in [-0.2, -0.15) is 0 Å². The van der Waals surface area contributed by atoms with Gasteiger partial charge in [0.25, 0.3) is 0 Å². The molecule has 4 N–H and O–H groups in total. The molecule has 1 saturated heterocycles. The van der Waals surface area contributed by atoms with Crippen molar-refractivity contribution in [1.29, 1.82) is 0 Å². The van der Waals surface area contributed by atoms with Gasteiger partial charge in [-0.1, -0.05) is 48.5 Å². The average molecular weight is 640 g/mol. The number of hydrogen-bond donors (Lipinski definition) is 3. The molecule has 246 valence electrons. The number of carbonyl (C=O) groups excluding carboxylic acids is 6. The van der Waals surface area contributed by atoms with Crippen LogP contribution in [0.2, 0.25) is 0 Å². The van der Waals surface area contributed by atoms with Crippen molar-refractivity contribution in [1.82, 2.24) is 10.6 Å². The SMILES string of the molecule is CC(=O)OCC1O[C@@H](NC(=O)C[C@H](NC(=O)OCC2c3ccccc3-c3ccccc32)C(C)=O)C(N)[C@@H](OC(C)=O)[C@@H]1OC(C)=O. The fourth-order valence-corrected chi connectivity index (χ4v) is 5.58. The number of esters is 3. The zero-order valence-electron chi connectivity index (χ0n) is 25.8. The molecule has 14 heteroatoms. The van der Waals surface area contributed by atoms with E-state index in [0.717, 1.165) is 43.0 Å². The first kappa shape index (κ1) is 34.1. The van der Waals surface area contributed by atoms with E-state index in [1.165, 1.54) is 6.92 Å². The summed E-state index contributed by atoms with van der Waals surface area (Å²) in [5, 5.41) is 4.96. The van der Waals surface area contributed by atoms with Gasteiger partial charge in [0.1, 0.15) is 25.5 Å². The highest BCUT2D eigenvalue weighted by atomic mass is 16.6. The molecule has 0 saturated carbocycles. The van der Waals surface area contributed by atoms with Crippen LogP contribution in [0.15, 0.2) is 48.5 Å². The number of carbonyl (C=O) groups is 6. The van der Waals surface area contributed by atoms with Gasteiger partial charge >= 0.3 is 24.0 Å². The number of amides is 2. The zero-order chi connectivity index (χ0) is 33.5. The molecule has 1 fully saturated rings. The summed E-state index contributed by atoms with van der Waals surface area (Å²) < 4.78 is 26.9. The highest BCUT2D eigenvalue weighted by Gasteiger charge is 2.49. The van der Waals surface area contributed by atoms with Gasteiger partial charge in [0.2, 0.25) is 5.91 Å². The molecule has 2 aromatic rings. The van der Waals surface area contributed by atoms with Gasteiger partial charge < -0.3 is 40.1 Å². The first-order chi connectivity index (χ1) is 21.8. The molecule has 4 rings (SSSR count). The molecule has 1 aliphatic heterocycles. The third-order valence-electron chi connectivity index (χ3n) is 7.61. The van der Waals surface area contributed by atoms with Crippen molar-refractivity contribution in [2.24, 2.45) is 5.73 Å². The van der Waals surface area contributed by atoms with E-state index < -0.39 is 85.3 Å². The Kier molecular flexibility index (Phi) is 11.1. The van der Waals surface area contributed by atoms with Gasteiger partial charge in [-0.3, -0.25) is 24.0 Å². The highest BCUT2D eigenvalue weighted by molar-refractivity contribution is 5.91. The van der Waals surface area contributed by atoms with Gasteiger partial charge in [0, 0.05) is 26.7 Å². The Morgan fingerprint density at radius 1 is 0.783 bits per heavy atom. The molecule has 0 aromatic heterocycles. The van der Waals surface area contributed by atoms with Gasteiger partial charge in [0.05, 0.1) is 18.5 Å². The Morgan fingerprint density at radius 3 is 1.89 bits per heavy atom. The maximum absolute atomic E-state index is 13.1.